The molecule has 6 rings (SSSR count). The van der Waals surface area contributed by atoms with Crippen LogP contribution in [0, 0.1) is 6.92 Å². The van der Waals surface area contributed by atoms with E-state index in [-0.39, 0.29) is 5.78 Å². The maximum atomic E-state index is 13.6. The number of allylic oxidation sites excluding steroid dienone is 1. The molecular weight excluding hydrogens is 502 g/mol. The highest BCUT2D eigenvalue weighted by atomic mass is 16.1. The van der Waals surface area contributed by atoms with Gasteiger partial charge in [-0.3, -0.25) is 4.79 Å². The number of imidazole rings is 1. The summed E-state index contributed by atoms with van der Waals surface area (Å²) in [6.45, 7) is 6.66. The van der Waals surface area contributed by atoms with Crippen LogP contribution in [0.1, 0.15) is 44.9 Å². The Morgan fingerprint density at radius 1 is 0.805 bits per heavy atom. The Labute approximate surface area is 241 Å². The minimum absolute atomic E-state index is 0.124. The second-order valence-corrected chi connectivity index (χ2v) is 10.4. The maximum Gasteiger partial charge on any atom is 0.165 e. The third-order valence-corrected chi connectivity index (χ3v) is 8.05. The van der Waals surface area contributed by atoms with Gasteiger partial charge in [0.1, 0.15) is 5.54 Å². The lowest BCUT2D eigenvalue weighted by Crippen LogP contribution is -2.38. The molecule has 0 unspecified atom stereocenters. The van der Waals surface area contributed by atoms with Gasteiger partial charge in [0.05, 0.1) is 12.0 Å². The van der Waals surface area contributed by atoms with Gasteiger partial charge in [-0.05, 0) is 36.1 Å². The summed E-state index contributed by atoms with van der Waals surface area (Å²) in [6, 6.07) is 39.8. The van der Waals surface area contributed by atoms with Crippen LogP contribution in [-0.4, -0.2) is 19.9 Å². The molecule has 0 saturated heterocycles. The average Bonchev–Trinajstić information content (AvgIpc) is 3.59. The van der Waals surface area contributed by atoms with Crippen LogP contribution >= 0.6 is 0 Å². The first-order valence-electron chi connectivity index (χ1n) is 14.1. The van der Waals surface area contributed by atoms with E-state index in [9.17, 15) is 4.79 Å². The molecule has 0 saturated carbocycles. The highest BCUT2D eigenvalue weighted by Gasteiger charge is 2.39. The van der Waals surface area contributed by atoms with Gasteiger partial charge in [-0.2, -0.15) is 0 Å². The zero-order valence-corrected chi connectivity index (χ0v) is 23.3. The van der Waals surface area contributed by atoms with E-state index in [0.29, 0.717) is 19.4 Å². The molecule has 0 atom stereocenters. The van der Waals surface area contributed by atoms with Crippen molar-refractivity contribution in [1.29, 1.82) is 0 Å². The van der Waals surface area contributed by atoms with Crippen molar-refractivity contribution in [2.75, 3.05) is 0 Å². The molecule has 4 nitrogen and oxygen atoms in total. The van der Waals surface area contributed by atoms with E-state index in [1.807, 2.05) is 55.0 Å². The zero-order chi connectivity index (χ0) is 28.2. The van der Waals surface area contributed by atoms with Gasteiger partial charge in [-0.15, -0.1) is 6.58 Å². The summed E-state index contributed by atoms with van der Waals surface area (Å²) in [7, 11) is 0. The number of ketones is 1. The van der Waals surface area contributed by atoms with Crippen molar-refractivity contribution in [2.24, 2.45) is 0 Å². The number of nitrogens with zero attached hydrogens (tertiary/aromatic N) is 3. The van der Waals surface area contributed by atoms with Crippen molar-refractivity contribution in [3.8, 4) is 0 Å². The molecule has 0 spiro atoms. The van der Waals surface area contributed by atoms with Crippen molar-refractivity contribution in [3.05, 3.63) is 174 Å². The molecule has 0 aliphatic carbocycles. The first-order chi connectivity index (χ1) is 20.1. The number of rotatable bonds is 10. The first kappa shape index (κ1) is 26.3. The van der Waals surface area contributed by atoms with Gasteiger partial charge in [-0.1, -0.05) is 115 Å². The lowest BCUT2D eigenvalue weighted by atomic mass is 9.76. The monoisotopic (exact) mass is 535 g/mol. The number of hydrogen-bond donors (Lipinski definition) is 0. The van der Waals surface area contributed by atoms with Crippen LogP contribution in [-0.2, 0) is 18.5 Å². The van der Waals surface area contributed by atoms with E-state index >= 15 is 0 Å². The second-order valence-electron chi connectivity index (χ2n) is 10.4. The number of aryl methyl sites for hydroxylation is 1. The van der Waals surface area contributed by atoms with Gasteiger partial charge >= 0.3 is 0 Å². The van der Waals surface area contributed by atoms with Crippen LogP contribution < -0.4 is 0 Å². The summed E-state index contributed by atoms with van der Waals surface area (Å²) in [4.78, 5) is 18.5. The smallest absolute Gasteiger partial charge is 0.165 e. The lowest BCUT2D eigenvalue weighted by Gasteiger charge is -2.38. The Kier molecular flexibility index (Phi) is 7.22. The Morgan fingerprint density at radius 2 is 1.34 bits per heavy atom. The summed E-state index contributed by atoms with van der Waals surface area (Å²) in [5.74, 6) is 0.124. The summed E-state index contributed by atoms with van der Waals surface area (Å²) in [6.07, 6.45) is 6.71. The molecule has 6 aromatic rings. The molecule has 0 N–H and O–H groups in total. The number of benzene rings is 4. The molecule has 4 aromatic carbocycles. The minimum Gasteiger partial charge on any atom is -0.343 e. The largest absolute Gasteiger partial charge is 0.343 e. The van der Waals surface area contributed by atoms with Crippen LogP contribution in [0.4, 0.5) is 0 Å². The van der Waals surface area contributed by atoms with Gasteiger partial charge in [0.2, 0.25) is 0 Å². The summed E-state index contributed by atoms with van der Waals surface area (Å²) < 4.78 is 4.37. The molecule has 0 bridgehead atoms. The fourth-order valence-electron chi connectivity index (χ4n) is 6.11. The van der Waals surface area contributed by atoms with E-state index in [4.69, 9.17) is 4.98 Å². The number of carbonyl (C=O) groups excluding carboxylic acids is 1. The van der Waals surface area contributed by atoms with Gasteiger partial charge in [0, 0.05) is 41.3 Å². The highest BCUT2D eigenvalue weighted by molar-refractivity contribution is 6.08. The number of hydrogen-bond acceptors (Lipinski definition) is 2. The normalized spacial score (nSPS) is 11.5. The number of fused-ring (bicyclic) bond motifs is 1. The van der Waals surface area contributed by atoms with E-state index in [1.165, 1.54) is 0 Å². The quantitative estimate of drug-likeness (QED) is 0.101. The number of Topliss-reactive ketones (excluding diaryl/α,β-unsaturated/α-hetero) is 1. The average molecular weight is 536 g/mol. The number of aromatic nitrogens is 3. The summed E-state index contributed by atoms with van der Waals surface area (Å²) in [5.41, 5.74) is 6.60. The molecule has 0 aliphatic heterocycles. The van der Waals surface area contributed by atoms with Crippen molar-refractivity contribution in [1.82, 2.24) is 14.1 Å². The first-order valence-corrected chi connectivity index (χ1v) is 14.1. The van der Waals surface area contributed by atoms with Gasteiger partial charge < -0.3 is 9.13 Å². The van der Waals surface area contributed by atoms with E-state index in [2.05, 4.69) is 101 Å². The van der Waals surface area contributed by atoms with Crippen molar-refractivity contribution in [2.45, 2.75) is 31.8 Å². The standard InChI is InChI=1S/C37H33N3O/c1-3-25-39-26-33(32-21-13-14-22-35(32)39)36(41)24-23-34-28(2)40(27-38-34)37(29-15-7-4-8-16-29,30-17-9-5-10-18-30)31-19-11-6-12-20-31/h3-22,26-27H,1,23-25H2,2H3. The Bertz CT molecular complexity index is 1700. The molecular formula is C37H33N3O. The molecule has 0 aliphatic rings. The van der Waals surface area contributed by atoms with Crippen LogP contribution in [0.5, 0.6) is 0 Å². The molecule has 41 heavy (non-hydrogen) atoms. The number of carbonyl (C=O) groups is 1. The predicted octanol–water partition coefficient (Wildman–Crippen LogP) is 7.99. The van der Waals surface area contributed by atoms with Crippen LogP contribution in [0.2, 0.25) is 0 Å². The topological polar surface area (TPSA) is 39.8 Å². The van der Waals surface area contributed by atoms with E-state index in [1.54, 1.807) is 0 Å². The fraction of sp³-hybridized carbons (Fsp3) is 0.135. The molecule has 202 valence electrons. The Morgan fingerprint density at radius 3 is 1.90 bits per heavy atom. The Hall–Kier alpha value is -4.96. The third kappa shape index (κ3) is 4.62. The zero-order valence-electron chi connectivity index (χ0n) is 23.3. The SMILES string of the molecule is C=CCn1cc(C(=O)CCc2ncn(C(c3ccccc3)(c3ccccc3)c3ccccc3)c2C)c2ccccc21. The minimum atomic E-state index is -0.624. The summed E-state index contributed by atoms with van der Waals surface area (Å²) >= 11 is 0. The molecule has 2 aromatic heterocycles. The van der Waals surface area contributed by atoms with E-state index in [0.717, 1.165) is 44.5 Å². The maximum absolute atomic E-state index is 13.6. The fourth-order valence-corrected chi connectivity index (χ4v) is 6.11. The number of para-hydroxylation sites is 1. The molecule has 0 fully saturated rings. The highest BCUT2D eigenvalue weighted by Crippen LogP contribution is 2.42. The van der Waals surface area contributed by atoms with Gasteiger partial charge in [0.25, 0.3) is 0 Å². The molecule has 4 heteroatoms. The van der Waals surface area contributed by atoms with Crippen LogP contribution in [0.25, 0.3) is 10.9 Å². The molecule has 0 amide bonds. The Balaban J connectivity index is 1.41. The van der Waals surface area contributed by atoms with Crippen molar-refractivity contribution in [3.63, 3.8) is 0 Å². The predicted molar refractivity (Wildman–Crippen MR) is 166 cm³/mol. The van der Waals surface area contributed by atoms with Gasteiger partial charge in [0.15, 0.2) is 5.78 Å². The summed E-state index contributed by atoms with van der Waals surface area (Å²) in [5, 5.41) is 0.984. The van der Waals surface area contributed by atoms with Gasteiger partial charge in [-0.25, -0.2) is 4.98 Å². The van der Waals surface area contributed by atoms with Crippen molar-refractivity contribution < 1.29 is 4.79 Å². The van der Waals surface area contributed by atoms with Crippen LogP contribution in [0.15, 0.2) is 140 Å². The third-order valence-electron chi connectivity index (χ3n) is 8.05. The molecule has 2 heterocycles. The lowest BCUT2D eigenvalue weighted by molar-refractivity contribution is 0.0984. The molecule has 0 radical (unpaired) electrons. The second kappa shape index (κ2) is 11.3. The van der Waals surface area contributed by atoms with Crippen molar-refractivity contribution >= 4 is 16.7 Å². The van der Waals surface area contributed by atoms with Crippen LogP contribution in [0.3, 0.4) is 0 Å². The van der Waals surface area contributed by atoms with E-state index < -0.39 is 5.54 Å².